The van der Waals surface area contributed by atoms with Gasteiger partial charge in [-0.25, -0.2) is 4.39 Å². The first-order valence-electron chi connectivity index (χ1n) is 7.51. The average Bonchev–Trinajstić information content (AvgIpc) is 2.94. The van der Waals surface area contributed by atoms with Crippen LogP contribution in [0.25, 0.3) is 11.4 Å². The molecule has 2 rings (SSSR count). The highest BCUT2D eigenvalue weighted by Gasteiger charge is 2.12. The molecular formula is C16H22FN3O. The van der Waals surface area contributed by atoms with Gasteiger partial charge in [-0.05, 0) is 37.4 Å². The molecule has 0 aliphatic heterocycles. The third kappa shape index (κ3) is 4.63. The molecule has 0 fully saturated rings. The highest BCUT2D eigenvalue weighted by atomic mass is 19.1. The van der Waals surface area contributed by atoms with Gasteiger partial charge in [-0.3, -0.25) is 0 Å². The Morgan fingerprint density at radius 3 is 2.86 bits per heavy atom. The zero-order valence-electron chi connectivity index (χ0n) is 12.4. The maximum Gasteiger partial charge on any atom is 0.226 e. The minimum Gasteiger partial charge on any atom is -0.339 e. The second-order valence-corrected chi connectivity index (χ2v) is 5.29. The van der Waals surface area contributed by atoms with E-state index in [1.807, 2.05) is 0 Å². The first-order valence-corrected chi connectivity index (χ1v) is 7.51. The molecule has 0 saturated heterocycles. The number of aromatic nitrogens is 2. The smallest absolute Gasteiger partial charge is 0.226 e. The summed E-state index contributed by atoms with van der Waals surface area (Å²) in [7, 11) is 0. The van der Waals surface area contributed by atoms with Gasteiger partial charge in [-0.2, -0.15) is 4.98 Å². The topological polar surface area (TPSA) is 64.9 Å². The molecule has 5 heteroatoms. The van der Waals surface area contributed by atoms with Gasteiger partial charge in [0.25, 0.3) is 0 Å². The van der Waals surface area contributed by atoms with E-state index < -0.39 is 0 Å². The van der Waals surface area contributed by atoms with E-state index >= 15 is 0 Å². The van der Waals surface area contributed by atoms with E-state index in [1.54, 1.807) is 12.1 Å². The number of nitrogens with zero attached hydrogens (tertiary/aromatic N) is 2. The van der Waals surface area contributed by atoms with Gasteiger partial charge in [0.2, 0.25) is 11.7 Å². The summed E-state index contributed by atoms with van der Waals surface area (Å²) in [5.74, 6) is 1.34. The Labute approximate surface area is 124 Å². The second-order valence-electron chi connectivity index (χ2n) is 5.29. The Kier molecular flexibility index (Phi) is 5.87. The molecule has 0 radical (unpaired) electrons. The fraction of sp³-hybridized carbons (Fsp3) is 0.500. The Balaban J connectivity index is 1.96. The molecule has 0 aliphatic rings. The molecule has 0 bridgehead atoms. The van der Waals surface area contributed by atoms with Crippen LogP contribution in [0.3, 0.4) is 0 Å². The Morgan fingerprint density at radius 2 is 2.14 bits per heavy atom. The van der Waals surface area contributed by atoms with Crippen LogP contribution in [0, 0.1) is 11.7 Å². The standard InChI is InChI=1S/C16H22FN3O/c1-2-4-12(9-10-18)7-8-15-19-16(20-21-15)13-5-3-6-14(17)11-13/h3,5-6,11-12H,2,4,7-10,18H2,1H3. The van der Waals surface area contributed by atoms with Crippen LogP contribution in [-0.2, 0) is 6.42 Å². The molecule has 1 unspecified atom stereocenters. The normalized spacial score (nSPS) is 12.5. The zero-order chi connectivity index (χ0) is 15.1. The van der Waals surface area contributed by atoms with E-state index in [0.717, 1.165) is 25.7 Å². The first-order chi connectivity index (χ1) is 10.2. The molecule has 1 heterocycles. The number of halogens is 1. The zero-order valence-corrected chi connectivity index (χ0v) is 12.4. The summed E-state index contributed by atoms with van der Waals surface area (Å²) in [4.78, 5) is 4.34. The van der Waals surface area contributed by atoms with Crippen molar-refractivity contribution in [2.75, 3.05) is 6.54 Å². The minimum atomic E-state index is -0.301. The maximum atomic E-state index is 13.2. The highest BCUT2D eigenvalue weighted by molar-refractivity contribution is 5.53. The summed E-state index contributed by atoms with van der Waals surface area (Å²) >= 11 is 0. The quantitative estimate of drug-likeness (QED) is 0.807. The van der Waals surface area contributed by atoms with E-state index in [-0.39, 0.29) is 5.82 Å². The third-order valence-electron chi connectivity index (χ3n) is 3.59. The molecule has 1 aromatic carbocycles. The van der Waals surface area contributed by atoms with Gasteiger partial charge < -0.3 is 10.3 Å². The minimum absolute atomic E-state index is 0.301. The number of hydrogen-bond donors (Lipinski definition) is 1. The van der Waals surface area contributed by atoms with Gasteiger partial charge in [0.05, 0.1) is 0 Å². The lowest BCUT2D eigenvalue weighted by Gasteiger charge is -2.13. The SMILES string of the molecule is CCCC(CCN)CCc1nc(-c2cccc(F)c2)no1. The molecule has 0 amide bonds. The van der Waals surface area contributed by atoms with Crippen LogP contribution in [0.4, 0.5) is 4.39 Å². The number of rotatable bonds is 8. The van der Waals surface area contributed by atoms with Gasteiger partial charge in [-0.1, -0.05) is 37.1 Å². The molecule has 0 aliphatic carbocycles. The van der Waals surface area contributed by atoms with Gasteiger partial charge in [0.1, 0.15) is 5.82 Å². The van der Waals surface area contributed by atoms with Crippen LogP contribution in [0.2, 0.25) is 0 Å². The van der Waals surface area contributed by atoms with E-state index in [0.29, 0.717) is 29.7 Å². The summed E-state index contributed by atoms with van der Waals surface area (Å²) in [6.07, 6.45) is 5.09. The van der Waals surface area contributed by atoms with E-state index in [9.17, 15) is 4.39 Å². The predicted octanol–water partition coefficient (Wildman–Crippen LogP) is 3.57. The van der Waals surface area contributed by atoms with Crippen LogP contribution in [0.15, 0.2) is 28.8 Å². The monoisotopic (exact) mass is 291 g/mol. The van der Waals surface area contributed by atoms with E-state index in [4.69, 9.17) is 10.3 Å². The lowest BCUT2D eigenvalue weighted by atomic mass is 9.94. The molecule has 4 nitrogen and oxygen atoms in total. The van der Waals surface area contributed by atoms with Gasteiger partial charge in [0.15, 0.2) is 0 Å². The molecule has 21 heavy (non-hydrogen) atoms. The highest BCUT2D eigenvalue weighted by Crippen LogP contribution is 2.20. The van der Waals surface area contributed by atoms with Crippen molar-refractivity contribution in [1.82, 2.24) is 10.1 Å². The van der Waals surface area contributed by atoms with Crippen LogP contribution < -0.4 is 5.73 Å². The second kappa shape index (κ2) is 7.88. The predicted molar refractivity (Wildman–Crippen MR) is 80.1 cm³/mol. The summed E-state index contributed by atoms with van der Waals surface area (Å²) < 4.78 is 18.4. The van der Waals surface area contributed by atoms with Crippen LogP contribution in [0.1, 0.15) is 38.5 Å². The lowest BCUT2D eigenvalue weighted by Crippen LogP contribution is -2.09. The number of nitrogens with two attached hydrogens (primary N) is 1. The molecule has 1 aromatic heterocycles. The van der Waals surface area contributed by atoms with Crippen LogP contribution in [0.5, 0.6) is 0 Å². The van der Waals surface area contributed by atoms with E-state index in [2.05, 4.69) is 17.1 Å². The van der Waals surface area contributed by atoms with Crippen molar-refractivity contribution in [3.05, 3.63) is 36.0 Å². The molecule has 114 valence electrons. The van der Waals surface area contributed by atoms with Crippen molar-refractivity contribution in [2.24, 2.45) is 11.7 Å². The summed E-state index contributed by atoms with van der Waals surface area (Å²) in [6.45, 7) is 2.89. The van der Waals surface area contributed by atoms with E-state index in [1.165, 1.54) is 18.6 Å². The van der Waals surface area contributed by atoms with Crippen LogP contribution in [-0.4, -0.2) is 16.7 Å². The summed E-state index contributed by atoms with van der Waals surface area (Å²) in [6, 6.07) is 6.21. The van der Waals surface area contributed by atoms with Crippen LogP contribution >= 0.6 is 0 Å². The Bertz CT molecular complexity index is 550. The van der Waals surface area contributed by atoms with Crippen molar-refractivity contribution < 1.29 is 8.91 Å². The summed E-state index contributed by atoms with van der Waals surface area (Å²) in [5, 5.41) is 3.92. The maximum absolute atomic E-state index is 13.2. The van der Waals surface area contributed by atoms with Gasteiger partial charge in [-0.15, -0.1) is 0 Å². The molecule has 2 aromatic rings. The third-order valence-corrected chi connectivity index (χ3v) is 3.59. The molecule has 2 N–H and O–H groups in total. The largest absolute Gasteiger partial charge is 0.339 e. The molecular weight excluding hydrogens is 269 g/mol. The van der Waals surface area contributed by atoms with Crippen molar-refractivity contribution >= 4 is 0 Å². The van der Waals surface area contributed by atoms with Gasteiger partial charge in [0, 0.05) is 12.0 Å². The van der Waals surface area contributed by atoms with Crippen molar-refractivity contribution in [3.8, 4) is 11.4 Å². The molecule has 0 saturated carbocycles. The van der Waals surface area contributed by atoms with Crippen molar-refractivity contribution in [1.29, 1.82) is 0 Å². The van der Waals surface area contributed by atoms with Crippen molar-refractivity contribution in [3.63, 3.8) is 0 Å². The van der Waals surface area contributed by atoms with Crippen molar-refractivity contribution in [2.45, 2.75) is 39.0 Å². The molecule has 1 atom stereocenters. The number of benzene rings is 1. The Hall–Kier alpha value is -1.75. The number of hydrogen-bond acceptors (Lipinski definition) is 4. The fourth-order valence-corrected chi connectivity index (χ4v) is 2.51. The average molecular weight is 291 g/mol. The fourth-order valence-electron chi connectivity index (χ4n) is 2.51. The lowest BCUT2D eigenvalue weighted by molar-refractivity contribution is 0.349. The summed E-state index contributed by atoms with van der Waals surface area (Å²) in [5.41, 5.74) is 6.27. The first kappa shape index (κ1) is 15.6. The Morgan fingerprint density at radius 1 is 1.29 bits per heavy atom. The molecule has 0 spiro atoms. The van der Waals surface area contributed by atoms with Gasteiger partial charge >= 0.3 is 0 Å². The number of aryl methyl sites for hydroxylation is 1.